The Morgan fingerprint density at radius 2 is 0.927 bits per heavy atom. The number of rotatable bonds is 5. The molecule has 2 heterocycles. The molecule has 6 aromatic carbocycles. The van der Waals surface area contributed by atoms with Gasteiger partial charge >= 0.3 is 12.4 Å². The first-order chi connectivity index (χ1) is 26.4. The van der Waals surface area contributed by atoms with E-state index >= 15 is 0 Å². The zero-order valence-corrected chi connectivity index (χ0v) is 28.2. The number of halogens is 6. The number of hydrogen-bond acceptors (Lipinski definition) is 5. The van der Waals surface area contributed by atoms with Crippen molar-refractivity contribution in [2.24, 2.45) is 0 Å². The lowest BCUT2D eigenvalue weighted by Crippen LogP contribution is -2.11. The summed E-state index contributed by atoms with van der Waals surface area (Å²) in [6.07, 6.45) is -10.2. The fourth-order valence-corrected chi connectivity index (χ4v) is 6.59. The number of fused-ring (bicyclic) bond motifs is 3. The van der Waals surface area contributed by atoms with Crippen LogP contribution in [0.25, 0.3) is 72.8 Å². The summed E-state index contributed by atoms with van der Waals surface area (Å²) in [4.78, 5) is 14.1. The highest BCUT2D eigenvalue weighted by Crippen LogP contribution is 2.43. The van der Waals surface area contributed by atoms with E-state index in [4.69, 9.17) is 9.97 Å². The van der Waals surface area contributed by atoms with E-state index in [1.54, 1.807) is 102 Å². The molecule has 0 bridgehead atoms. The monoisotopic (exact) mass is 736 g/mol. The van der Waals surface area contributed by atoms with Crippen LogP contribution in [0.5, 0.6) is 0 Å². The number of benzene rings is 6. The largest absolute Gasteiger partial charge is 0.416 e. The van der Waals surface area contributed by atoms with Gasteiger partial charge in [0.05, 0.1) is 45.4 Å². The van der Waals surface area contributed by atoms with Crippen molar-refractivity contribution in [2.75, 3.05) is 0 Å². The molecule has 0 fully saturated rings. The van der Waals surface area contributed by atoms with Crippen LogP contribution < -0.4 is 0 Å². The molecule has 0 aliphatic heterocycles. The summed E-state index contributed by atoms with van der Waals surface area (Å²) in [6.45, 7) is 0. The van der Waals surface area contributed by atoms with Gasteiger partial charge in [-0.3, -0.25) is 0 Å². The second-order valence-corrected chi connectivity index (χ2v) is 12.6. The molecule has 0 aliphatic carbocycles. The molecular formula is C43H22F6N6. The van der Waals surface area contributed by atoms with Gasteiger partial charge in [0, 0.05) is 33.2 Å². The number of nitriles is 2. The van der Waals surface area contributed by atoms with Crippen molar-refractivity contribution in [1.82, 2.24) is 19.5 Å². The highest BCUT2D eigenvalue weighted by molar-refractivity contribution is 6.10. The second kappa shape index (κ2) is 13.3. The SMILES string of the molecule is N#Cc1ccc2c(c1)c1cc(C#N)ccc1n2-c1ccc(-c2nc(-c3ccccc3)nc(-c3ccccc3)n2)c(-c2cc(C(F)(F)F)cc(C(F)(F)F)c2)c1. The first-order valence-electron chi connectivity index (χ1n) is 16.6. The molecule has 8 rings (SSSR count). The van der Waals surface area contributed by atoms with Gasteiger partial charge in [-0.05, 0) is 83.9 Å². The van der Waals surface area contributed by atoms with Crippen LogP contribution >= 0.6 is 0 Å². The fraction of sp³-hybridized carbons (Fsp3) is 0.0465. The zero-order valence-electron chi connectivity index (χ0n) is 28.2. The topological polar surface area (TPSA) is 91.2 Å². The lowest BCUT2D eigenvalue weighted by atomic mass is 9.94. The molecule has 55 heavy (non-hydrogen) atoms. The van der Waals surface area contributed by atoms with E-state index in [-0.39, 0.29) is 40.2 Å². The van der Waals surface area contributed by atoms with E-state index in [0.29, 0.717) is 61.9 Å². The van der Waals surface area contributed by atoms with E-state index in [1.165, 1.54) is 6.07 Å². The Morgan fingerprint density at radius 1 is 0.455 bits per heavy atom. The Morgan fingerprint density at radius 3 is 1.38 bits per heavy atom. The maximum atomic E-state index is 14.3. The highest BCUT2D eigenvalue weighted by atomic mass is 19.4. The highest BCUT2D eigenvalue weighted by Gasteiger charge is 2.37. The van der Waals surface area contributed by atoms with Gasteiger partial charge in [0.15, 0.2) is 17.5 Å². The number of hydrogen-bond donors (Lipinski definition) is 0. The molecule has 0 saturated heterocycles. The minimum absolute atomic E-state index is 0.0137. The Hall–Kier alpha value is -7.31. The van der Waals surface area contributed by atoms with Crippen LogP contribution in [0.4, 0.5) is 26.3 Å². The van der Waals surface area contributed by atoms with E-state index in [0.717, 1.165) is 0 Å². The summed E-state index contributed by atoms with van der Waals surface area (Å²) in [5, 5.41) is 20.5. The van der Waals surface area contributed by atoms with E-state index in [2.05, 4.69) is 17.1 Å². The van der Waals surface area contributed by atoms with Crippen molar-refractivity contribution in [2.45, 2.75) is 12.4 Å². The molecule has 0 N–H and O–H groups in total. The van der Waals surface area contributed by atoms with Gasteiger partial charge in [-0.1, -0.05) is 60.7 Å². The van der Waals surface area contributed by atoms with E-state index in [9.17, 15) is 36.9 Å². The standard InChI is InChI=1S/C43H22F6N6/c44-42(45,46)30-19-29(20-31(21-30)43(47,48)49)34-22-32(55-37-15-11-25(23-50)17-35(37)36-18-26(24-51)12-16-38(36)55)13-14-33(34)41-53-39(27-7-3-1-4-8-27)52-40(54-41)28-9-5-2-6-10-28/h1-22H. The third-order valence-corrected chi connectivity index (χ3v) is 9.12. The summed E-state index contributed by atoms with van der Waals surface area (Å²) in [5.41, 5.74) is 0.259. The second-order valence-electron chi connectivity index (χ2n) is 12.6. The molecule has 12 heteroatoms. The van der Waals surface area contributed by atoms with Crippen molar-refractivity contribution < 1.29 is 26.3 Å². The summed E-state index contributed by atoms with van der Waals surface area (Å²) < 4.78 is 87.5. The van der Waals surface area contributed by atoms with Crippen molar-refractivity contribution in [1.29, 1.82) is 10.5 Å². The first kappa shape index (κ1) is 34.8. The van der Waals surface area contributed by atoms with Gasteiger partial charge in [0.2, 0.25) is 0 Å². The first-order valence-corrected chi connectivity index (χ1v) is 16.6. The number of nitrogens with zero attached hydrogens (tertiary/aromatic N) is 6. The van der Waals surface area contributed by atoms with Crippen molar-refractivity contribution in [3.05, 3.63) is 156 Å². The van der Waals surface area contributed by atoms with Crippen LogP contribution in [0.3, 0.4) is 0 Å². The van der Waals surface area contributed by atoms with Crippen LogP contribution in [0.1, 0.15) is 22.3 Å². The average molecular weight is 737 g/mol. The van der Waals surface area contributed by atoms with Crippen molar-refractivity contribution >= 4 is 21.8 Å². The Labute approximate surface area is 308 Å². The Kier molecular flexibility index (Phi) is 8.39. The summed E-state index contributed by atoms with van der Waals surface area (Å²) >= 11 is 0. The van der Waals surface area contributed by atoms with Gasteiger partial charge in [0.1, 0.15) is 0 Å². The van der Waals surface area contributed by atoms with Crippen LogP contribution in [0, 0.1) is 22.7 Å². The molecule has 2 aromatic heterocycles. The van der Waals surface area contributed by atoms with Crippen LogP contribution in [-0.2, 0) is 12.4 Å². The fourth-order valence-electron chi connectivity index (χ4n) is 6.59. The molecule has 0 amide bonds. The van der Waals surface area contributed by atoms with Crippen molar-refractivity contribution in [3.8, 4) is 63.1 Å². The lowest BCUT2D eigenvalue weighted by Gasteiger charge is -2.18. The molecule has 0 spiro atoms. The minimum Gasteiger partial charge on any atom is -0.309 e. The van der Waals surface area contributed by atoms with Gasteiger partial charge in [-0.25, -0.2) is 15.0 Å². The predicted molar refractivity (Wildman–Crippen MR) is 195 cm³/mol. The van der Waals surface area contributed by atoms with E-state index < -0.39 is 23.5 Å². The average Bonchev–Trinajstić information content (AvgIpc) is 3.53. The normalized spacial score (nSPS) is 11.8. The molecule has 0 unspecified atom stereocenters. The van der Waals surface area contributed by atoms with Crippen LogP contribution in [0.2, 0.25) is 0 Å². The van der Waals surface area contributed by atoms with E-state index in [1.807, 2.05) is 12.1 Å². The smallest absolute Gasteiger partial charge is 0.309 e. The summed E-state index contributed by atoms with van der Waals surface area (Å²) in [6, 6.07) is 38.2. The molecule has 0 aliphatic rings. The molecule has 0 atom stereocenters. The Balaban J connectivity index is 1.46. The quantitative estimate of drug-likeness (QED) is 0.164. The number of alkyl halides is 6. The third kappa shape index (κ3) is 6.51. The molecule has 8 aromatic rings. The molecule has 0 saturated carbocycles. The molecule has 266 valence electrons. The zero-order chi connectivity index (χ0) is 38.5. The maximum absolute atomic E-state index is 14.3. The maximum Gasteiger partial charge on any atom is 0.416 e. The molecular weight excluding hydrogens is 715 g/mol. The third-order valence-electron chi connectivity index (χ3n) is 9.12. The van der Waals surface area contributed by atoms with Gasteiger partial charge in [0.25, 0.3) is 0 Å². The predicted octanol–water partition coefficient (Wildman–Crippen LogP) is 11.4. The van der Waals surface area contributed by atoms with Crippen LogP contribution in [-0.4, -0.2) is 19.5 Å². The van der Waals surface area contributed by atoms with Gasteiger partial charge in [-0.15, -0.1) is 0 Å². The van der Waals surface area contributed by atoms with Gasteiger partial charge < -0.3 is 4.57 Å². The summed E-state index contributed by atoms with van der Waals surface area (Å²) in [7, 11) is 0. The number of aromatic nitrogens is 4. The van der Waals surface area contributed by atoms with Gasteiger partial charge in [-0.2, -0.15) is 36.9 Å². The Bertz CT molecular complexity index is 2710. The molecule has 6 nitrogen and oxygen atoms in total. The van der Waals surface area contributed by atoms with Crippen LogP contribution in [0.15, 0.2) is 133 Å². The molecule has 0 radical (unpaired) electrons. The van der Waals surface area contributed by atoms with Crippen molar-refractivity contribution in [3.63, 3.8) is 0 Å². The minimum atomic E-state index is -5.11. The summed E-state index contributed by atoms with van der Waals surface area (Å²) in [5.74, 6) is 0.492. The lowest BCUT2D eigenvalue weighted by molar-refractivity contribution is -0.143.